The number of nitrogens with one attached hydrogen (secondary N) is 2. The quantitative estimate of drug-likeness (QED) is 0.534. The van der Waals surface area contributed by atoms with Gasteiger partial charge in [-0.2, -0.15) is 22.5 Å². The highest BCUT2D eigenvalue weighted by Gasteiger charge is 2.38. The lowest BCUT2D eigenvalue weighted by molar-refractivity contribution is -0.192. The minimum atomic E-state index is -5.08. The number of aromatic nitrogens is 4. The van der Waals surface area contributed by atoms with Crippen LogP contribution in [0.25, 0.3) is 11.4 Å². The molecule has 0 aliphatic carbocycles. The Morgan fingerprint density at radius 1 is 1.30 bits per heavy atom. The summed E-state index contributed by atoms with van der Waals surface area (Å²) in [6.07, 6.45) is -5.08. The Hall–Kier alpha value is -2.64. The number of halogens is 3. The molecule has 0 bridgehead atoms. The molecule has 0 unspecified atom stereocenters. The predicted octanol–water partition coefficient (Wildman–Crippen LogP) is 3.30. The second-order valence-corrected chi connectivity index (χ2v) is 8.13. The summed E-state index contributed by atoms with van der Waals surface area (Å²) in [6.45, 7) is 4.73. The third-order valence-electron chi connectivity index (χ3n) is 4.06. The van der Waals surface area contributed by atoms with Crippen LogP contribution in [0.4, 0.5) is 18.3 Å². The van der Waals surface area contributed by atoms with E-state index in [0.717, 1.165) is 39.6 Å². The summed E-state index contributed by atoms with van der Waals surface area (Å²) in [7, 11) is 0. The molecule has 0 spiro atoms. The molecule has 0 radical (unpaired) electrons. The van der Waals surface area contributed by atoms with E-state index in [-0.39, 0.29) is 0 Å². The zero-order chi connectivity index (χ0) is 21.7. The largest absolute Gasteiger partial charge is 0.490 e. The SMILES string of the molecule is Cc1ccccc1-c1nsc(NCc2nnc(C3CNC3)s2)n1.O=C(O)C(F)(F)F. The highest BCUT2D eigenvalue weighted by molar-refractivity contribution is 7.11. The van der Waals surface area contributed by atoms with E-state index in [9.17, 15) is 13.2 Å². The second kappa shape index (κ2) is 9.45. The lowest BCUT2D eigenvalue weighted by Gasteiger charge is -2.23. The van der Waals surface area contributed by atoms with Crippen molar-refractivity contribution in [3.8, 4) is 11.4 Å². The van der Waals surface area contributed by atoms with E-state index in [1.165, 1.54) is 17.1 Å². The topological polar surface area (TPSA) is 113 Å². The molecule has 0 atom stereocenters. The van der Waals surface area contributed by atoms with Gasteiger partial charge in [-0.1, -0.05) is 35.6 Å². The molecule has 30 heavy (non-hydrogen) atoms. The Labute approximate surface area is 177 Å². The van der Waals surface area contributed by atoms with Gasteiger partial charge in [0.25, 0.3) is 0 Å². The van der Waals surface area contributed by atoms with Gasteiger partial charge in [-0.25, -0.2) is 4.79 Å². The van der Waals surface area contributed by atoms with E-state index in [1.54, 1.807) is 11.3 Å². The molecule has 0 amide bonds. The third kappa shape index (κ3) is 5.70. The normalized spacial score (nSPS) is 13.9. The molecule has 3 aromatic rings. The van der Waals surface area contributed by atoms with Gasteiger partial charge in [0, 0.05) is 36.1 Å². The summed E-state index contributed by atoms with van der Waals surface area (Å²) < 4.78 is 36.2. The molecule has 8 nitrogen and oxygen atoms in total. The van der Waals surface area contributed by atoms with E-state index in [1.807, 2.05) is 18.2 Å². The smallest absolute Gasteiger partial charge is 0.475 e. The van der Waals surface area contributed by atoms with Gasteiger partial charge in [0.05, 0.1) is 6.54 Å². The van der Waals surface area contributed by atoms with E-state index >= 15 is 0 Å². The lowest BCUT2D eigenvalue weighted by Crippen LogP contribution is -2.39. The number of nitrogens with zero attached hydrogens (tertiary/aromatic N) is 4. The average molecular weight is 458 g/mol. The molecule has 160 valence electrons. The molecule has 3 N–H and O–H groups in total. The maximum absolute atomic E-state index is 10.6. The van der Waals surface area contributed by atoms with Crippen LogP contribution in [-0.2, 0) is 11.3 Å². The number of benzene rings is 1. The van der Waals surface area contributed by atoms with Gasteiger partial charge in [-0.15, -0.1) is 10.2 Å². The Morgan fingerprint density at radius 3 is 2.60 bits per heavy atom. The molecule has 13 heteroatoms. The molecule has 4 rings (SSSR count). The summed E-state index contributed by atoms with van der Waals surface area (Å²) in [4.78, 5) is 13.5. The molecule has 2 aromatic heterocycles. The molecule has 3 heterocycles. The Bertz CT molecular complexity index is 1000. The first-order valence-electron chi connectivity index (χ1n) is 8.70. The first kappa shape index (κ1) is 22.1. The summed E-state index contributed by atoms with van der Waals surface area (Å²) >= 11 is 3.05. The number of alkyl halides is 3. The zero-order valence-corrected chi connectivity index (χ0v) is 17.2. The minimum Gasteiger partial charge on any atom is -0.475 e. The van der Waals surface area contributed by atoms with Crippen molar-refractivity contribution in [2.24, 2.45) is 0 Å². The number of carbonyl (C=O) groups is 1. The summed E-state index contributed by atoms with van der Waals surface area (Å²) in [5.74, 6) is -1.45. The molecular formula is C17H17F3N6O2S2. The fourth-order valence-corrected chi connectivity index (χ4v) is 3.80. The fourth-order valence-electron chi connectivity index (χ4n) is 2.35. The van der Waals surface area contributed by atoms with Gasteiger partial charge in [0.15, 0.2) is 5.82 Å². The van der Waals surface area contributed by atoms with Crippen molar-refractivity contribution in [3.63, 3.8) is 0 Å². The van der Waals surface area contributed by atoms with Crippen LogP contribution < -0.4 is 10.6 Å². The first-order chi connectivity index (χ1) is 14.2. The third-order valence-corrected chi connectivity index (χ3v) is 5.82. The molecular weight excluding hydrogens is 441 g/mol. The maximum Gasteiger partial charge on any atom is 0.490 e. The maximum atomic E-state index is 10.6. The number of aryl methyl sites for hydroxylation is 1. The highest BCUT2D eigenvalue weighted by Crippen LogP contribution is 2.26. The highest BCUT2D eigenvalue weighted by atomic mass is 32.1. The van der Waals surface area contributed by atoms with E-state index in [2.05, 4.69) is 43.2 Å². The molecule has 1 aromatic carbocycles. The van der Waals surface area contributed by atoms with E-state index in [0.29, 0.717) is 12.5 Å². The van der Waals surface area contributed by atoms with Crippen molar-refractivity contribution >= 4 is 34.0 Å². The van der Waals surface area contributed by atoms with Crippen molar-refractivity contribution in [2.45, 2.75) is 25.6 Å². The average Bonchev–Trinajstić information content (AvgIpc) is 3.28. The lowest BCUT2D eigenvalue weighted by atomic mass is 10.1. The van der Waals surface area contributed by atoms with Crippen LogP contribution in [0.3, 0.4) is 0 Å². The van der Waals surface area contributed by atoms with E-state index < -0.39 is 12.1 Å². The summed E-state index contributed by atoms with van der Waals surface area (Å²) in [6, 6.07) is 8.15. The van der Waals surface area contributed by atoms with Crippen molar-refractivity contribution in [2.75, 3.05) is 18.4 Å². The van der Waals surface area contributed by atoms with Crippen LogP contribution in [0, 0.1) is 6.92 Å². The van der Waals surface area contributed by atoms with Gasteiger partial charge in [0.2, 0.25) is 5.13 Å². The van der Waals surface area contributed by atoms with Gasteiger partial charge < -0.3 is 15.7 Å². The van der Waals surface area contributed by atoms with Crippen LogP contribution in [0.2, 0.25) is 0 Å². The van der Waals surface area contributed by atoms with E-state index in [4.69, 9.17) is 9.90 Å². The Balaban J connectivity index is 0.000000318. The Morgan fingerprint density at radius 2 is 2.00 bits per heavy atom. The van der Waals surface area contributed by atoms with Gasteiger partial charge in [-0.05, 0) is 12.5 Å². The number of carboxylic acids is 1. The summed E-state index contributed by atoms with van der Waals surface area (Å²) in [5, 5.41) is 25.1. The number of carboxylic acid groups (broad SMARTS) is 1. The molecule has 1 fully saturated rings. The molecule has 1 saturated heterocycles. The van der Waals surface area contributed by atoms with Crippen LogP contribution in [-0.4, -0.2) is 49.9 Å². The van der Waals surface area contributed by atoms with Crippen molar-refractivity contribution in [1.29, 1.82) is 0 Å². The van der Waals surface area contributed by atoms with Crippen LogP contribution >= 0.6 is 22.9 Å². The molecule has 1 aliphatic heterocycles. The first-order valence-corrected chi connectivity index (χ1v) is 10.3. The monoisotopic (exact) mass is 458 g/mol. The van der Waals surface area contributed by atoms with Crippen LogP contribution in [0.15, 0.2) is 24.3 Å². The number of aliphatic carboxylic acids is 1. The van der Waals surface area contributed by atoms with Crippen molar-refractivity contribution < 1.29 is 23.1 Å². The second-order valence-electron chi connectivity index (χ2n) is 6.28. The number of hydrogen-bond acceptors (Lipinski definition) is 9. The minimum absolute atomic E-state index is 0.537. The number of anilines is 1. The number of hydrogen-bond donors (Lipinski definition) is 3. The molecule has 1 aliphatic rings. The van der Waals surface area contributed by atoms with Gasteiger partial charge in [0.1, 0.15) is 10.0 Å². The van der Waals surface area contributed by atoms with Crippen LogP contribution in [0.5, 0.6) is 0 Å². The number of rotatable bonds is 5. The van der Waals surface area contributed by atoms with Gasteiger partial charge >= 0.3 is 12.1 Å². The predicted molar refractivity (Wildman–Crippen MR) is 107 cm³/mol. The van der Waals surface area contributed by atoms with Crippen LogP contribution in [0.1, 0.15) is 21.5 Å². The van der Waals surface area contributed by atoms with Gasteiger partial charge in [-0.3, -0.25) is 0 Å². The fraction of sp³-hybridized carbons (Fsp3) is 0.353. The molecule has 0 saturated carbocycles. The Kier molecular flexibility index (Phi) is 6.95. The van der Waals surface area contributed by atoms with Crippen molar-refractivity contribution in [3.05, 3.63) is 39.8 Å². The standard InChI is InChI=1S/C15H16N6S2.C2HF3O2/c1-9-4-2-3-5-11(9)13-18-15(23-21-13)17-8-12-19-20-14(22-12)10-6-16-7-10;3-2(4,5)1(6)7/h2-5,10,16H,6-8H2,1H3,(H,17,18,21);(H,6,7). The zero-order valence-electron chi connectivity index (χ0n) is 15.6. The van der Waals surface area contributed by atoms with Crippen molar-refractivity contribution in [1.82, 2.24) is 24.9 Å². The summed E-state index contributed by atoms with van der Waals surface area (Å²) in [5.41, 5.74) is 2.26.